The number of nitro benzene ring substituents is 1. The second kappa shape index (κ2) is 4.44. The van der Waals surface area contributed by atoms with E-state index in [0.29, 0.717) is 6.29 Å². The van der Waals surface area contributed by atoms with Gasteiger partial charge in [0.15, 0.2) is 5.71 Å². The molecule has 0 saturated carbocycles. The van der Waals surface area contributed by atoms with Crippen LogP contribution in [0.25, 0.3) is 0 Å². The SMILES string of the molecule is O=CC1Nc2cc([N+](=O)[O-])c(F)cc2N=C1C(=O)O. The molecule has 1 heterocycles. The zero-order chi connectivity index (χ0) is 14.2. The molecule has 0 radical (unpaired) electrons. The van der Waals surface area contributed by atoms with Crippen molar-refractivity contribution in [2.75, 3.05) is 5.32 Å². The first-order chi connectivity index (χ1) is 8.93. The molecule has 9 heteroatoms. The molecule has 1 unspecified atom stereocenters. The second-order valence-electron chi connectivity index (χ2n) is 3.64. The number of fused-ring (bicyclic) bond motifs is 1. The average molecular weight is 267 g/mol. The number of carboxylic acid groups (broad SMARTS) is 1. The van der Waals surface area contributed by atoms with Crippen LogP contribution in [-0.2, 0) is 9.59 Å². The minimum Gasteiger partial charge on any atom is -0.477 e. The summed E-state index contributed by atoms with van der Waals surface area (Å²) in [6.45, 7) is 0. The van der Waals surface area contributed by atoms with Gasteiger partial charge in [-0.3, -0.25) is 10.1 Å². The molecule has 0 bridgehead atoms. The molecule has 1 atom stereocenters. The molecule has 0 spiro atoms. The zero-order valence-corrected chi connectivity index (χ0v) is 9.16. The first kappa shape index (κ1) is 12.6. The first-order valence-electron chi connectivity index (χ1n) is 4.95. The van der Waals surface area contributed by atoms with Crippen LogP contribution in [0.4, 0.5) is 21.5 Å². The van der Waals surface area contributed by atoms with Crippen LogP contribution in [0.1, 0.15) is 0 Å². The molecule has 0 saturated heterocycles. The van der Waals surface area contributed by atoms with Gasteiger partial charge < -0.3 is 15.2 Å². The number of nitrogens with zero attached hydrogens (tertiary/aromatic N) is 2. The summed E-state index contributed by atoms with van der Waals surface area (Å²) in [5.41, 5.74) is -1.38. The third-order valence-corrected chi connectivity index (χ3v) is 2.46. The molecular weight excluding hydrogens is 261 g/mol. The molecule has 98 valence electrons. The molecule has 2 N–H and O–H groups in total. The molecule has 1 aliphatic heterocycles. The minimum atomic E-state index is -1.44. The van der Waals surface area contributed by atoms with Crippen LogP contribution in [0.3, 0.4) is 0 Å². The Balaban J connectivity index is 2.59. The number of benzene rings is 1. The van der Waals surface area contributed by atoms with Crippen LogP contribution in [0.2, 0.25) is 0 Å². The van der Waals surface area contributed by atoms with E-state index < -0.39 is 34.2 Å². The lowest BCUT2D eigenvalue weighted by atomic mass is 10.1. The summed E-state index contributed by atoms with van der Waals surface area (Å²) in [5, 5.41) is 21.9. The number of aldehydes is 1. The molecule has 2 rings (SSSR count). The highest BCUT2D eigenvalue weighted by Gasteiger charge is 2.29. The Labute approximate surface area is 104 Å². The fraction of sp³-hybridized carbons (Fsp3) is 0.100. The van der Waals surface area contributed by atoms with Crippen LogP contribution in [0.15, 0.2) is 17.1 Å². The van der Waals surface area contributed by atoms with E-state index in [-0.39, 0.29) is 11.4 Å². The minimum absolute atomic E-state index is 0.0233. The van der Waals surface area contributed by atoms with Gasteiger partial charge in [-0.05, 0) is 0 Å². The number of halogens is 1. The summed E-state index contributed by atoms with van der Waals surface area (Å²) >= 11 is 0. The summed E-state index contributed by atoms with van der Waals surface area (Å²) in [6, 6.07) is 0.364. The summed E-state index contributed by atoms with van der Waals surface area (Å²) in [7, 11) is 0. The van der Waals surface area contributed by atoms with Gasteiger partial charge in [0.2, 0.25) is 5.82 Å². The maximum Gasteiger partial charge on any atom is 0.352 e. The van der Waals surface area contributed by atoms with Gasteiger partial charge in [-0.25, -0.2) is 9.79 Å². The number of carbonyl (C=O) groups is 2. The van der Waals surface area contributed by atoms with Crippen molar-refractivity contribution in [1.29, 1.82) is 0 Å². The van der Waals surface area contributed by atoms with E-state index in [2.05, 4.69) is 10.3 Å². The molecule has 0 aliphatic carbocycles. The number of aliphatic carboxylic acids is 1. The highest BCUT2D eigenvalue weighted by molar-refractivity contribution is 6.42. The Hall–Kier alpha value is -2.84. The van der Waals surface area contributed by atoms with Crippen LogP contribution < -0.4 is 5.32 Å². The lowest BCUT2D eigenvalue weighted by molar-refractivity contribution is -0.387. The fourth-order valence-corrected chi connectivity index (χ4v) is 1.61. The zero-order valence-electron chi connectivity index (χ0n) is 9.16. The van der Waals surface area contributed by atoms with Crippen molar-refractivity contribution >= 4 is 35.0 Å². The Bertz CT molecular complexity index is 628. The summed E-state index contributed by atoms with van der Waals surface area (Å²) in [6.07, 6.45) is 0.297. The number of carboxylic acids is 1. The monoisotopic (exact) mass is 267 g/mol. The molecule has 1 aromatic rings. The standard InChI is InChI=1S/C10H6FN3O5/c11-4-1-5-6(2-8(4)14(18)19)12-7(3-15)9(13-5)10(16)17/h1-3,7,12H,(H,16,17). The van der Waals surface area contributed by atoms with E-state index in [1.807, 2.05) is 0 Å². The third kappa shape index (κ3) is 2.12. The molecule has 1 aromatic carbocycles. The number of anilines is 1. The van der Waals surface area contributed by atoms with Gasteiger partial charge in [-0.1, -0.05) is 0 Å². The van der Waals surface area contributed by atoms with Crippen molar-refractivity contribution in [3.8, 4) is 0 Å². The summed E-state index contributed by atoms with van der Waals surface area (Å²) in [4.78, 5) is 34.9. The van der Waals surface area contributed by atoms with Gasteiger partial charge in [0.1, 0.15) is 12.3 Å². The number of rotatable bonds is 3. The lowest BCUT2D eigenvalue weighted by Crippen LogP contribution is -2.38. The Kier molecular flexibility index (Phi) is 2.95. The predicted octanol–water partition coefficient (Wildman–Crippen LogP) is 0.884. The Morgan fingerprint density at radius 2 is 2.26 bits per heavy atom. The van der Waals surface area contributed by atoms with Crippen molar-refractivity contribution in [2.45, 2.75) is 6.04 Å². The lowest BCUT2D eigenvalue weighted by Gasteiger charge is -2.20. The molecule has 0 fully saturated rings. The normalized spacial score (nSPS) is 16.9. The number of hydrogen-bond acceptors (Lipinski definition) is 6. The van der Waals surface area contributed by atoms with Crippen molar-refractivity contribution in [3.05, 3.63) is 28.1 Å². The fourth-order valence-electron chi connectivity index (χ4n) is 1.61. The molecular formula is C10H6FN3O5. The maximum atomic E-state index is 13.4. The summed E-state index contributed by atoms with van der Waals surface area (Å²) in [5.74, 6) is -2.57. The molecule has 0 aromatic heterocycles. The van der Waals surface area contributed by atoms with Gasteiger partial charge in [0, 0.05) is 12.1 Å². The van der Waals surface area contributed by atoms with E-state index in [9.17, 15) is 24.1 Å². The topological polar surface area (TPSA) is 122 Å². The highest BCUT2D eigenvalue weighted by atomic mass is 19.1. The number of nitro groups is 1. The molecule has 1 aliphatic rings. The second-order valence-corrected chi connectivity index (χ2v) is 3.64. The first-order valence-corrected chi connectivity index (χ1v) is 4.95. The quantitative estimate of drug-likeness (QED) is 0.476. The van der Waals surface area contributed by atoms with Gasteiger partial charge >= 0.3 is 11.7 Å². The molecule has 8 nitrogen and oxygen atoms in total. The van der Waals surface area contributed by atoms with Gasteiger partial charge in [0.25, 0.3) is 0 Å². The Morgan fingerprint density at radius 1 is 1.58 bits per heavy atom. The van der Waals surface area contributed by atoms with Crippen molar-refractivity contribution < 1.29 is 24.0 Å². The maximum absolute atomic E-state index is 13.4. The number of aliphatic imine (C=N–C) groups is 1. The number of hydrogen-bond donors (Lipinski definition) is 2. The van der Waals surface area contributed by atoms with E-state index in [0.717, 1.165) is 12.1 Å². The third-order valence-electron chi connectivity index (χ3n) is 2.46. The largest absolute Gasteiger partial charge is 0.477 e. The van der Waals surface area contributed by atoms with E-state index in [4.69, 9.17) is 5.11 Å². The van der Waals surface area contributed by atoms with E-state index in [1.165, 1.54) is 0 Å². The predicted molar refractivity (Wildman–Crippen MR) is 61.3 cm³/mol. The van der Waals surface area contributed by atoms with Gasteiger partial charge in [-0.2, -0.15) is 4.39 Å². The van der Waals surface area contributed by atoms with Crippen molar-refractivity contribution in [3.63, 3.8) is 0 Å². The average Bonchev–Trinajstić information content (AvgIpc) is 2.35. The van der Waals surface area contributed by atoms with Gasteiger partial charge in [0.05, 0.1) is 16.3 Å². The van der Waals surface area contributed by atoms with Crippen LogP contribution >= 0.6 is 0 Å². The Morgan fingerprint density at radius 3 is 2.79 bits per heavy atom. The summed E-state index contributed by atoms with van der Waals surface area (Å²) < 4.78 is 13.4. The van der Waals surface area contributed by atoms with Crippen LogP contribution in [0, 0.1) is 15.9 Å². The molecule has 0 amide bonds. The van der Waals surface area contributed by atoms with E-state index in [1.54, 1.807) is 0 Å². The highest BCUT2D eigenvalue weighted by Crippen LogP contribution is 2.35. The van der Waals surface area contributed by atoms with E-state index >= 15 is 0 Å². The molecule has 19 heavy (non-hydrogen) atoms. The van der Waals surface area contributed by atoms with Crippen molar-refractivity contribution in [1.82, 2.24) is 0 Å². The van der Waals surface area contributed by atoms with Crippen molar-refractivity contribution in [2.24, 2.45) is 4.99 Å². The van der Waals surface area contributed by atoms with Gasteiger partial charge in [-0.15, -0.1) is 0 Å². The van der Waals surface area contributed by atoms with Crippen LogP contribution in [-0.4, -0.2) is 34.0 Å². The smallest absolute Gasteiger partial charge is 0.352 e. The van der Waals surface area contributed by atoms with Crippen LogP contribution in [0.5, 0.6) is 0 Å². The number of nitrogens with one attached hydrogen (secondary N) is 1. The number of carbonyl (C=O) groups excluding carboxylic acids is 1.